The van der Waals surface area contributed by atoms with E-state index in [1.165, 1.54) is 0 Å². The van der Waals surface area contributed by atoms with E-state index >= 15 is 0 Å². The van der Waals surface area contributed by atoms with Crippen LogP contribution in [0.5, 0.6) is 0 Å². The second-order valence-electron chi connectivity index (χ2n) is 5.80. The Labute approximate surface area is 110 Å². The number of hydrogen-bond donors (Lipinski definition) is 0. The fourth-order valence-electron chi connectivity index (χ4n) is 1.14. The predicted molar refractivity (Wildman–Crippen MR) is 72.8 cm³/mol. The summed E-state index contributed by atoms with van der Waals surface area (Å²) in [5, 5.41) is 0.205. The maximum Gasteiger partial charge on any atom is 0.209 e. The molecule has 0 aliphatic rings. The van der Waals surface area contributed by atoms with Crippen LogP contribution in [0.1, 0.15) is 38.1 Å². The van der Waals surface area contributed by atoms with Gasteiger partial charge < -0.3 is 8.84 Å². The van der Waals surface area contributed by atoms with E-state index in [2.05, 4.69) is 38.8 Å². The molecule has 0 aliphatic carbocycles. The molecule has 1 aromatic rings. The Bertz CT molecular complexity index is 382. The van der Waals surface area contributed by atoms with Crippen LogP contribution in [0.25, 0.3) is 0 Å². The molecular weight excluding hydrogens is 254 g/mol. The van der Waals surface area contributed by atoms with Crippen LogP contribution in [-0.4, -0.2) is 13.3 Å². The highest BCUT2D eigenvalue weighted by atomic mass is 35.5. The first-order valence-corrected chi connectivity index (χ1v) is 9.27. The molecule has 5 heteroatoms. The number of aromatic nitrogens is 1. The minimum absolute atomic E-state index is 0.205. The summed E-state index contributed by atoms with van der Waals surface area (Å²) in [4.78, 5) is 4.23. The van der Waals surface area contributed by atoms with Gasteiger partial charge in [0.2, 0.25) is 5.89 Å². The zero-order valence-corrected chi connectivity index (χ0v) is 13.3. The van der Waals surface area contributed by atoms with E-state index in [0.717, 1.165) is 11.5 Å². The molecule has 3 nitrogen and oxygen atoms in total. The lowest BCUT2D eigenvalue weighted by molar-refractivity contribution is 0.242. The van der Waals surface area contributed by atoms with Gasteiger partial charge in [-0.1, -0.05) is 20.8 Å². The van der Waals surface area contributed by atoms with Gasteiger partial charge in [-0.3, -0.25) is 0 Å². The lowest BCUT2D eigenvalue weighted by atomic mass is 10.2. The van der Waals surface area contributed by atoms with E-state index in [-0.39, 0.29) is 5.04 Å². The van der Waals surface area contributed by atoms with Crippen molar-refractivity contribution in [2.75, 3.05) is 0 Å². The summed E-state index contributed by atoms with van der Waals surface area (Å²) in [6, 6.07) is 0. The van der Waals surface area contributed by atoms with Crippen molar-refractivity contribution in [3.63, 3.8) is 0 Å². The third-order valence-corrected chi connectivity index (χ3v) is 8.13. The summed E-state index contributed by atoms with van der Waals surface area (Å²) < 4.78 is 11.6. The van der Waals surface area contributed by atoms with E-state index in [9.17, 15) is 0 Å². The SMILES string of the molecule is Cc1nc(CCl)oc1CO[Si](C)(C)C(C)(C)C. The van der Waals surface area contributed by atoms with Crippen molar-refractivity contribution in [2.45, 2.75) is 58.3 Å². The van der Waals surface area contributed by atoms with Crippen LogP contribution in [-0.2, 0) is 16.9 Å². The smallest absolute Gasteiger partial charge is 0.209 e. The molecule has 1 rings (SSSR count). The van der Waals surface area contributed by atoms with E-state index in [4.69, 9.17) is 20.4 Å². The van der Waals surface area contributed by atoms with Crippen molar-refractivity contribution in [1.82, 2.24) is 4.98 Å². The molecule has 17 heavy (non-hydrogen) atoms. The van der Waals surface area contributed by atoms with Crippen molar-refractivity contribution in [3.8, 4) is 0 Å². The first kappa shape index (κ1) is 14.7. The third-order valence-electron chi connectivity index (χ3n) is 3.42. The molecule has 0 bridgehead atoms. The van der Waals surface area contributed by atoms with Gasteiger partial charge in [0.15, 0.2) is 14.1 Å². The molecule has 0 N–H and O–H groups in total. The molecule has 0 spiro atoms. The standard InChI is InChI=1S/C12H22ClNO2Si/c1-9-10(16-11(7-13)14-9)8-15-17(5,6)12(2,3)4/h7-8H2,1-6H3. The average Bonchev–Trinajstić information content (AvgIpc) is 2.55. The molecule has 0 fully saturated rings. The number of aryl methyl sites for hydroxylation is 1. The second kappa shape index (κ2) is 5.12. The van der Waals surface area contributed by atoms with Gasteiger partial charge in [-0.25, -0.2) is 4.98 Å². The Morgan fingerprint density at radius 1 is 1.35 bits per heavy atom. The second-order valence-corrected chi connectivity index (χ2v) is 10.9. The summed E-state index contributed by atoms with van der Waals surface area (Å²) in [5.74, 6) is 1.67. The lowest BCUT2D eigenvalue weighted by Gasteiger charge is -2.35. The highest BCUT2D eigenvalue weighted by Gasteiger charge is 2.37. The van der Waals surface area contributed by atoms with Crippen molar-refractivity contribution in [1.29, 1.82) is 0 Å². The van der Waals surface area contributed by atoms with Crippen molar-refractivity contribution >= 4 is 19.9 Å². The number of hydrogen-bond acceptors (Lipinski definition) is 3. The Kier molecular flexibility index (Phi) is 4.44. The van der Waals surface area contributed by atoms with Gasteiger partial charge in [0, 0.05) is 0 Å². The van der Waals surface area contributed by atoms with Gasteiger partial charge >= 0.3 is 0 Å². The summed E-state index contributed by atoms with van der Waals surface area (Å²) in [5.41, 5.74) is 0.874. The minimum Gasteiger partial charge on any atom is -0.442 e. The molecule has 0 unspecified atom stereocenters. The highest BCUT2D eigenvalue weighted by molar-refractivity contribution is 6.74. The molecule has 1 aromatic heterocycles. The van der Waals surface area contributed by atoms with Crippen LogP contribution in [0.15, 0.2) is 4.42 Å². The average molecular weight is 276 g/mol. The van der Waals surface area contributed by atoms with Crippen LogP contribution < -0.4 is 0 Å². The summed E-state index contributed by atoms with van der Waals surface area (Å²) in [6.07, 6.45) is 0. The van der Waals surface area contributed by atoms with E-state index < -0.39 is 8.32 Å². The van der Waals surface area contributed by atoms with Crippen LogP contribution >= 0.6 is 11.6 Å². The number of nitrogens with zero attached hydrogens (tertiary/aromatic N) is 1. The van der Waals surface area contributed by atoms with Gasteiger partial charge in [0.1, 0.15) is 0 Å². The number of oxazole rings is 1. The van der Waals surface area contributed by atoms with Crippen LogP contribution in [0.2, 0.25) is 18.1 Å². The summed E-state index contributed by atoms with van der Waals surface area (Å²) in [6.45, 7) is 13.5. The molecule has 0 radical (unpaired) electrons. The lowest BCUT2D eigenvalue weighted by Crippen LogP contribution is -2.40. The van der Waals surface area contributed by atoms with Crippen molar-refractivity contribution in [2.24, 2.45) is 0 Å². The van der Waals surface area contributed by atoms with E-state index in [1.54, 1.807) is 0 Å². The maximum absolute atomic E-state index is 6.08. The van der Waals surface area contributed by atoms with E-state index in [1.807, 2.05) is 6.92 Å². The molecule has 0 amide bonds. The Hall–Kier alpha value is -0.323. The number of alkyl halides is 1. The Morgan fingerprint density at radius 2 is 1.94 bits per heavy atom. The van der Waals surface area contributed by atoms with E-state index in [0.29, 0.717) is 18.4 Å². The molecule has 1 heterocycles. The topological polar surface area (TPSA) is 35.3 Å². The highest BCUT2D eigenvalue weighted by Crippen LogP contribution is 2.37. The van der Waals surface area contributed by atoms with Gasteiger partial charge in [-0.15, -0.1) is 11.6 Å². The Balaban J connectivity index is 2.70. The first-order chi connectivity index (χ1) is 7.67. The number of rotatable bonds is 4. The van der Waals surface area contributed by atoms with Gasteiger partial charge in [-0.05, 0) is 25.1 Å². The van der Waals surface area contributed by atoms with Crippen LogP contribution in [0.3, 0.4) is 0 Å². The largest absolute Gasteiger partial charge is 0.442 e. The fourth-order valence-corrected chi connectivity index (χ4v) is 2.18. The molecule has 0 atom stereocenters. The van der Waals surface area contributed by atoms with Gasteiger partial charge in [-0.2, -0.15) is 0 Å². The maximum atomic E-state index is 6.08. The monoisotopic (exact) mass is 275 g/mol. The third kappa shape index (κ3) is 3.57. The van der Waals surface area contributed by atoms with Gasteiger partial charge in [0.25, 0.3) is 0 Å². The molecule has 0 aromatic carbocycles. The molecule has 0 aliphatic heterocycles. The van der Waals surface area contributed by atoms with Crippen molar-refractivity contribution in [3.05, 3.63) is 17.3 Å². The van der Waals surface area contributed by atoms with Crippen molar-refractivity contribution < 1.29 is 8.84 Å². The van der Waals surface area contributed by atoms with Gasteiger partial charge in [0.05, 0.1) is 18.2 Å². The zero-order chi connectivity index (χ0) is 13.3. The van der Waals surface area contributed by atoms with Crippen LogP contribution in [0.4, 0.5) is 0 Å². The summed E-state index contributed by atoms with van der Waals surface area (Å²) in [7, 11) is -1.73. The minimum atomic E-state index is -1.73. The molecular formula is C12H22ClNO2Si. The Morgan fingerprint density at radius 3 is 2.35 bits per heavy atom. The number of halogens is 1. The molecule has 98 valence electrons. The molecule has 0 saturated heterocycles. The fraction of sp³-hybridized carbons (Fsp3) is 0.750. The predicted octanol–water partition coefficient (Wildman–Crippen LogP) is 4.24. The zero-order valence-electron chi connectivity index (χ0n) is 11.6. The molecule has 0 saturated carbocycles. The summed E-state index contributed by atoms with van der Waals surface area (Å²) >= 11 is 5.69. The normalized spacial score (nSPS) is 13.1. The quantitative estimate of drug-likeness (QED) is 0.609. The first-order valence-electron chi connectivity index (χ1n) is 5.82. The van der Waals surface area contributed by atoms with Crippen LogP contribution in [0, 0.1) is 6.92 Å².